The van der Waals surface area contributed by atoms with Gasteiger partial charge in [-0.1, -0.05) is 0 Å². The average Bonchev–Trinajstić information content (AvgIpc) is 3.24. The monoisotopic (exact) mass is 682 g/mol. The fourth-order valence-corrected chi connectivity index (χ4v) is 9.79. The van der Waals surface area contributed by atoms with Gasteiger partial charge in [0.25, 0.3) is 0 Å². The van der Waals surface area contributed by atoms with Crippen LogP contribution in [0.4, 0.5) is 0 Å². The van der Waals surface area contributed by atoms with Gasteiger partial charge in [0, 0.05) is 0 Å². The number of carbonyl (C=O) groups is 5. The summed E-state index contributed by atoms with van der Waals surface area (Å²) in [6.07, 6.45) is 5.83. The topological polar surface area (TPSA) is 136 Å². The van der Waals surface area contributed by atoms with E-state index in [9.17, 15) is 29.1 Å². The molecule has 0 bridgehead atoms. The molecule has 4 amide bonds. The first-order chi connectivity index (χ1) is 21.5. The number of rotatable bonds is 10. The fourth-order valence-electron chi connectivity index (χ4n) is 6.08. The maximum absolute atomic E-state index is 13.7. The van der Waals surface area contributed by atoms with Crippen LogP contribution < -0.4 is 10.6 Å². The third-order valence-electron chi connectivity index (χ3n) is 8.63. The van der Waals surface area contributed by atoms with Gasteiger partial charge >= 0.3 is 273 Å². The molecule has 0 spiro atoms. The van der Waals surface area contributed by atoms with Crippen molar-refractivity contribution < 1.29 is 29.1 Å². The summed E-state index contributed by atoms with van der Waals surface area (Å²) in [7, 11) is 2.11. The molecule has 2 aliphatic heterocycles. The fraction of sp³-hybridized carbons (Fsp3) is 0.559. The maximum atomic E-state index is 13.7. The van der Waals surface area contributed by atoms with Crippen LogP contribution in [0.5, 0.6) is 0 Å². The molecule has 2 aromatic rings. The molecule has 11 heteroatoms. The van der Waals surface area contributed by atoms with Crippen molar-refractivity contribution in [3.05, 3.63) is 47.5 Å². The third kappa shape index (κ3) is 9.39. The summed E-state index contributed by atoms with van der Waals surface area (Å²) in [6.45, 7) is 6.49. The van der Waals surface area contributed by atoms with Crippen LogP contribution in [-0.4, -0.2) is 99.5 Å². The molecular weight excluding hydrogens is 635 g/mol. The number of aliphatic carboxylic acids is 1. The van der Waals surface area contributed by atoms with Crippen molar-refractivity contribution in [1.82, 2.24) is 20.4 Å². The van der Waals surface area contributed by atoms with Crippen LogP contribution in [0.15, 0.2) is 36.4 Å². The second-order valence-electron chi connectivity index (χ2n) is 12.7. The number of benzene rings is 2. The second kappa shape index (κ2) is 16.4. The number of fused-ring (bicyclic) bond motifs is 2. The number of hydrogen-bond donors (Lipinski definition) is 3. The number of carbonyl (C=O) groups excluding carboxylic acids is 4. The minimum atomic E-state index is -1.42. The van der Waals surface area contributed by atoms with Crippen LogP contribution in [0.2, 0.25) is 9.41 Å². The third-order valence-corrected chi connectivity index (χ3v) is 12.5. The Kier molecular flexibility index (Phi) is 12.6. The Labute approximate surface area is 272 Å². The number of carboxylic acid groups (broad SMARTS) is 1. The van der Waals surface area contributed by atoms with Gasteiger partial charge in [0.1, 0.15) is 0 Å². The summed E-state index contributed by atoms with van der Waals surface area (Å²) >= 11 is -1.42. The molecule has 244 valence electrons. The van der Waals surface area contributed by atoms with Gasteiger partial charge in [-0.15, -0.1) is 0 Å². The van der Waals surface area contributed by atoms with E-state index in [-0.39, 0.29) is 30.7 Å². The molecule has 2 unspecified atom stereocenters. The summed E-state index contributed by atoms with van der Waals surface area (Å²) in [5, 5.41) is 17.9. The summed E-state index contributed by atoms with van der Waals surface area (Å²) in [5.41, 5.74) is 0.660. The first-order valence-electron chi connectivity index (χ1n) is 16.2. The molecule has 4 rings (SSSR count). The van der Waals surface area contributed by atoms with E-state index in [0.29, 0.717) is 30.5 Å². The number of nitrogens with one attached hydrogen (secondary N) is 2. The average molecular weight is 683 g/mol. The van der Waals surface area contributed by atoms with Crippen molar-refractivity contribution in [2.45, 2.75) is 80.7 Å². The Morgan fingerprint density at radius 2 is 1.58 bits per heavy atom. The number of imide groups is 1. The zero-order chi connectivity index (χ0) is 32.5. The Hall–Kier alpha value is -3.23. The SMILES string of the molecule is CC(C)C[C@H]([AsH][C@H](CCN1C(=O)c2cc3ccccc3cc2C1=O)C(=O)O)C(=O)NC1CCCCN(C)CCCCCNC1=O. The van der Waals surface area contributed by atoms with E-state index in [0.717, 1.165) is 60.9 Å². The number of carboxylic acids is 1. The summed E-state index contributed by atoms with van der Waals surface area (Å²) in [6, 6.07) is 10.3. The summed E-state index contributed by atoms with van der Waals surface area (Å²) in [5.74, 6) is -2.18. The molecule has 2 aliphatic rings. The van der Waals surface area contributed by atoms with Gasteiger partial charge < -0.3 is 0 Å². The normalized spacial score (nSPS) is 20.4. The van der Waals surface area contributed by atoms with Crippen molar-refractivity contribution in [2.75, 3.05) is 33.2 Å². The molecule has 2 aromatic carbocycles. The van der Waals surface area contributed by atoms with Crippen LogP contribution in [0, 0.1) is 5.92 Å². The van der Waals surface area contributed by atoms with Gasteiger partial charge in [-0.25, -0.2) is 0 Å². The number of amides is 4. The van der Waals surface area contributed by atoms with E-state index in [1.807, 2.05) is 38.1 Å². The van der Waals surface area contributed by atoms with Crippen molar-refractivity contribution in [3.63, 3.8) is 0 Å². The van der Waals surface area contributed by atoms with E-state index in [4.69, 9.17) is 0 Å². The molecule has 2 heterocycles. The molecule has 45 heavy (non-hydrogen) atoms. The number of nitrogens with zero attached hydrogens (tertiary/aromatic N) is 2. The predicted molar refractivity (Wildman–Crippen MR) is 176 cm³/mol. The van der Waals surface area contributed by atoms with Gasteiger partial charge in [0.15, 0.2) is 0 Å². The summed E-state index contributed by atoms with van der Waals surface area (Å²) in [4.78, 5) is 69.1. The molecule has 0 radical (unpaired) electrons. The molecule has 0 aliphatic carbocycles. The molecule has 1 fully saturated rings. The first-order valence-corrected chi connectivity index (χ1v) is 18.6. The Morgan fingerprint density at radius 1 is 0.956 bits per heavy atom. The van der Waals surface area contributed by atoms with Crippen LogP contribution in [0.3, 0.4) is 0 Å². The molecular formula is C34H47AsN4O6. The van der Waals surface area contributed by atoms with E-state index < -0.39 is 49.0 Å². The van der Waals surface area contributed by atoms with E-state index >= 15 is 0 Å². The molecule has 4 atom stereocenters. The van der Waals surface area contributed by atoms with Crippen molar-refractivity contribution in [3.8, 4) is 0 Å². The molecule has 0 saturated carbocycles. The zero-order valence-corrected chi connectivity index (χ0v) is 28.7. The molecule has 0 aromatic heterocycles. The number of hydrogen-bond acceptors (Lipinski definition) is 6. The Balaban J connectivity index is 1.42. The first kappa shape index (κ1) is 34.6. The van der Waals surface area contributed by atoms with Crippen LogP contribution in [-0.2, 0) is 14.4 Å². The van der Waals surface area contributed by atoms with E-state index in [1.165, 1.54) is 0 Å². The van der Waals surface area contributed by atoms with Gasteiger partial charge in [-0.3, -0.25) is 0 Å². The predicted octanol–water partition coefficient (Wildman–Crippen LogP) is 3.86. The van der Waals surface area contributed by atoms with Crippen molar-refractivity contribution >= 4 is 56.1 Å². The van der Waals surface area contributed by atoms with Crippen molar-refractivity contribution in [2.24, 2.45) is 5.92 Å². The molecule has 1 saturated heterocycles. The second-order valence-corrected chi connectivity index (χ2v) is 16.4. The Bertz CT molecular complexity index is 1340. The summed E-state index contributed by atoms with van der Waals surface area (Å²) < 4.78 is -1.34. The van der Waals surface area contributed by atoms with E-state index in [2.05, 4.69) is 22.6 Å². The van der Waals surface area contributed by atoms with Crippen LogP contribution in [0.25, 0.3) is 10.8 Å². The standard InChI is InChI=1S/C34H47AsN4O6/c1-22(2)19-28(30(40)37-29-13-7-10-17-38(3)16-9-4-8-15-36-31(29)41)35-27(34(44)45)14-18-39-32(42)25-20-23-11-5-6-12-24(23)21-26(25)33(39)43/h5-6,11-12,20-22,27-29,35H,4,7-10,13-19H2,1-3H3,(H,36,41)(H,37,40)(H,44,45)/t27-,28+,29?/m1/s1. The minimum absolute atomic E-state index is 0.0291. The van der Waals surface area contributed by atoms with E-state index in [1.54, 1.807) is 12.1 Å². The quantitative estimate of drug-likeness (QED) is 0.256. The van der Waals surface area contributed by atoms with Crippen LogP contribution >= 0.6 is 0 Å². The zero-order valence-electron chi connectivity index (χ0n) is 26.6. The van der Waals surface area contributed by atoms with Gasteiger partial charge in [0.2, 0.25) is 0 Å². The Morgan fingerprint density at radius 3 is 2.18 bits per heavy atom. The van der Waals surface area contributed by atoms with Crippen molar-refractivity contribution in [1.29, 1.82) is 0 Å². The molecule has 10 nitrogen and oxygen atoms in total. The van der Waals surface area contributed by atoms with Gasteiger partial charge in [-0.2, -0.15) is 0 Å². The van der Waals surface area contributed by atoms with Gasteiger partial charge in [0.05, 0.1) is 0 Å². The van der Waals surface area contributed by atoms with Gasteiger partial charge in [-0.05, 0) is 0 Å². The van der Waals surface area contributed by atoms with Crippen LogP contribution in [0.1, 0.15) is 85.9 Å². The molecule has 3 N–H and O–H groups in total.